The minimum Gasteiger partial charge on any atom is -0.465 e. The lowest BCUT2D eigenvalue weighted by atomic mass is 10.0. The van der Waals surface area contributed by atoms with Gasteiger partial charge >= 0.3 is 6.09 Å². The van der Waals surface area contributed by atoms with E-state index in [1.54, 1.807) is 4.90 Å². The Hall–Kier alpha value is -0.770. The third-order valence-electron chi connectivity index (χ3n) is 2.74. The summed E-state index contributed by atoms with van der Waals surface area (Å²) in [6.07, 6.45) is 1.79. The van der Waals surface area contributed by atoms with E-state index >= 15 is 0 Å². The van der Waals surface area contributed by atoms with Crippen LogP contribution >= 0.6 is 0 Å². The van der Waals surface area contributed by atoms with E-state index in [1.807, 2.05) is 20.8 Å². The number of rotatable bonds is 1. The molecule has 1 fully saturated rings. The molecule has 1 saturated carbocycles. The van der Waals surface area contributed by atoms with Gasteiger partial charge in [0.05, 0.1) is 0 Å². The van der Waals surface area contributed by atoms with Crippen molar-refractivity contribution in [2.75, 3.05) is 0 Å². The highest BCUT2D eigenvalue weighted by atomic mass is 16.4. The summed E-state index contributed by atoms with van der Waals surface area (Å²) in [6.45, 7) is 5.76. The molecule has 0 bridgehead atoms. The van der Waals surface area contributed by atoms with Crippen molar-refractivity contribution in [1.29, 1.82) is 0 Å². The van der Waals surface area contributed by atoms with Crippen molar-refractivity contribution in [3.63, 3.8) is 0 Å². The molecule has 1 rings (SSSR count). The minimum absolute atomic E-state index is 0.0995. The quantitative estimate of drug-likeness (QED) is 0.676. The molecule has 0 unspecified atom stereocenters. The maximum absolute atomic E-state index is 11.1. The van der Waals surface area contributed by atoms with Gasteiger partial charge in [-0.05, 0) is 40.0 Å². The Labute approximate surface area is 85.1 Å². The van der Waals surface area contributed by atoms with Gasteiger partial charge in [0, 0.05) is 17.6 Å². The Balaban J connectivity index is 2.74. The van der Waals surface area contributed by atoms with Gasteiger partial charge < -0.3 is 15.7 Å². The summed E-state index contributed by atoms with van der Waals surface area (Å²) in [7, 11) is 0. The maximum Gasteiger partial charge on any atom is 0.407 e. The summed E-state index contributed by atoms with van der Waals surface area (Å²) >= 11 is 0. The SMILES string of the molecule is CC(C)(C)N(C(=O)O)[C@@H]1CC[C@@H](N)C1. The summed E-state index contributed by atoms with van der Waals surface area (Å²) in [5.74, 6) is 0. The van der Waals surface area contributed by atoms with Crippen LogP contribution in [0.3, 0.4) is 0 Å². The Morgan fingerprint density at radius 1 is 1.43 bits per heavy atom. The van der Waals surface area contributed by atoms with E-state index in [9.17, 15) is 4.79 Å². The van der Waals surface area contributed by atoms with Gasteiger partial charge in [-0.25, -0.2) is 4.79 Å². The van der Waals surface area contributed by atoms with E-state index in [2.05, 4.69) is 0 Å². The molecular weight excluding hydrogens is 180 g/mol. The molecule has 1 aliphatic carbocycles. The molecule has 0 aromatic rings. The Kier molecular flexibility index (Phi) is 3.04. The number of carboxylic acid groups (broad SMARTS) is 1. The summed E-state index contributed by atoms with van der Waals surface area (Å²) in [4.78, 5) is 12.7. The second-order valence-corrected chi connectivity index (χ2v) is 5.05. The monoisotopic (exact) mass is 200 g/mol. The van der Waals surface area contributed by atoms with Crippen LogP contribution in [0, 0.1) is 0 Å². The summed E-state index contributed by atoms with van der Waals surface area (Å²) in [5.41, 5.74) is 5.45. The van der Waals surface area contributed by atoms with Crippen LogP contribution in [-0.4, -0.2) is 33.7 Å². The normalized spacial score (nSPS) is 27.7. The number of nitrogens with zero attached hydrogens (tertiary/aromatic N) is 1. The lowest BCUT2D eigenvalue weighted by molar-refractivity contribution is 0.0716. The van der Waals surface area contributed by atoms with Crippen LogP contribution in [0.1, 0.15) is 40.0 Å². The van der Waals surface area contributed by atoms with Gasteiger partial charge in [-0.3, -0.25) is 0 Å². The predicted molar refractivity (Wildman–Crippen MR) is 55.2 cm³/mol. The van der Waals surface area contributed by atoms with Gasteiger partial charge in [0.15, 0.2) is 0 Å². The fourth-order valence-electron chi connectivity index (χ4n) is 2.22. The summed E-state index contributed by atoms with van der Waals surface area (Å²) in [6, 6.07) is 0.270. The van der Waals surface area contributed by atoms with Crippen LogP contribution < -0.4 is 5.73 Å². The first-order valence-electron chi connectivity index (χ1n) is 5.10. The van der Waals surface area contributed by atoms with E-state index in [4.69, 9.17) is 10.8 Å². The third-order valence-corrected chi connectivity index (χ3v) is 2.74. The maximum atomic E-state index is 11.1. The van der Waals surface area contributed by atoms with Crippen molar-refractivity contribution in [3.05, 3.63) is 0 Å². The minimum atomic E-state index is -0.836. The first kappa shape index (κ1) is 11.3. The largest absolute Gasteiger partial charge is 0.465 e. The smallest absolute Gasteiger partial charge is 0.407 e. The molecule has 4 heteroatoms. The molecule has 2 atom stereocenters. The lowest BCUT2D eigenvalue weighted by Gasteiger charge is -2.38. The fraction of sp³-hybridized carbons (Fsp3) is 0.900. The van der Waals surface area contributed by atoms with E-state index < -0.39 is 6.09 Å². The zero-order valence-corrected chi connectivity index (χ0v) is 9.16. The Morgan fingerprint density at radius 2 is 2.00 bits per heavy atom. The average Bonchev–Trinajstić information content (AvgIpc) is 2.31. The second kappa shape index (κ2) is 3.77. The Morgan fingerprint density at radius 3 is 2.29 bits per heavy atom. The predicted octanol–water partition coefficient (Wildman–Crippen LogP) is 1.64. The number of nitrogens with two attached hydrogens (primary N) is 1. The highest BCUT2D eigenvalue weighted by Crippen LogP contribution is 2.28. The summed E-state index contributed by atoms with van der Waals surface area (Å²) < 4.78 is 0. The Bertz CT molecular complexity index is 223. The molecule has 0 aliphatic heterocycles. The van der Waals surface area contributed by atoms with Crippen LogP contribution in [-0.2, 0) is 0 Å². The molecule has 1 aliphatic rings. The van der Waals surface area contributed by atoms with Crippen LogP contribution in [0.5, 0.6) is 0 Å². The van der Waals surface area contributed by atoms with E-state index in [-0.39, 0.29) is 17.6 Å². The van der Waals surface area contributed by atoms with Gasteiger partial charge in [0.1, 0.15) is 0 Å². The van der Waals surface area contributed by atoms with Gasteiger partial charge in [0.25, 0.3) is 0 Å². The molecule has 0 spiro atoms. The van der Waals surface area contributed by atoms with Crippen LogP contribution in [0.2, 0.25) is 0 Å². The first-order chi connectivity index (χ1) is 6.32. The van der Waals surface area contributed by atoms with Crippen LogP contribution in [0.15, 0.2) is 0 Å². The molecule has 0 aromatic heterocycles. The zero-order chi connectivity index (χ0) is 10.9. The number of hydrogen-bond acceptors (Lipinski definition) is 2. The van der Waals surface area contributed by atoms with Crippen LogP contribution in [0.25, 0.3) is 0 Å². The molecular formula is C10H20N2O2. The molecule has 0 aromatic carbocycles. The lowest BCUT2D eigenvalue weighted by Crippen LogP contribution is -2.50. The molecule has 0 heterocycles. The van der Waals surface area contributed by atoms with Gasteiger partial charge in [-0.1, -0.05) is 0 Å². The number of amides is 1. The molecule has 0 saturated heterocycles. The molecule has 3 N–H and O–H groups in total. The van der Waals surface area contributed by atoms with Crippen molar-refractivity contribution >= 4 is 6.09 Å². The van der Waals surface area contributed by atoms with Gasteiger partial charge in [-0.15, -0.1) is 0 Å². The highest BCUT2D eigenvalue weighted by Gasteiger charge is 2.36. The van der Waals surface area contributed by atoms with Crippen molar-refractivity contribution in [1.82, 2.24) is 4.90 Å². The molecule has 14 heavy (non-hydrogen) atoms. The van der Waals surface area contributed by atoms with Crippen molar-refractivity contribution in [3.8, 4) is 0 Å². The van der Waals surface area contributed by atoms with Crippen molar-refractivity contribution < 1.29 is 9.90 Å². The molecule has 0 radical (unpaired) electrons. The third kappa shape index (κ3) is 2.38. The second-order valence-electron chi connectivity index (χ2n) is 5.05. The van der Waals surface area contributed by atoms with Crippen LogP contribution in [0.4, 0.5) is 4.79 Å². The van der Waals surface area contributed by atoms with E-state index in [1.165, 1.54) is 0 Å². The molecule has 4 nitrogen and oxygen atoms in total. The van der Waals surface area contributed by atoms with Gasteiger partial charge in [0.2, 0.25) is 0 Å². The molecule has 1 amide bonds. The average molecular weight is 200 g/mol. The zero-order valence-electron chi connectivity index (χ0n) is 9.16. The molecule has 82 valence electrons. The first-order valence-corrected chi connectivity index (χ1v) is 5.10. The number of carbonyl (C=O) groups is 1. The number of hydrogen-bond donors (Lipinski definition) is 2. The standard InChI is InChI=1S/C10H20N2O2/c1-10(2,3)12(9(13)14)8-5-4-7(11)6-8/h7-8H,4-6,11H2,1-3H3,(H,13,14)/t7-,8-/m1/s1. The fourth-order valence-corrected chi connectivity index (χ4v) is 2.22. The van der Waals surface area contributed by atoms with Crippen molar-refractivity contribution in [2.24, 2.45) is 5.73 Å². The summed E-state index contributed by atoms with van der Waals surface area (Å²) in [5, 5.41) is 9.14. The van der Waals surface area contributed by atoms with Gasteiger partial charge in [-0.2, -0.15) is 0 Å². The topological polar surface area (TPSA) is 66.6 Å². The van der Waals surface area contributed by atoms with Crippen molar-refractivity contribution in [2.45, 2.75) is 57.7 Å². The van der Waals surface area contributed by atoms with E-state index in [0.717, 1.165) is 19.3 Å². The van der Waals surface area contributed by atoms with E-state index in [0.29, 0.717) is 0 Å². The highest BCUT2D eigenvalue weighted by molar-refractivity contribution is 5.66.